The van der Waals surface area contributed by atoms with Gasteiger partial charge in [0.15, 0.2) is 0 Å². The largest absolute Gasteiger partial charge is 0.478 e. The van der Waals surface area contributed by atoms with Crippen LogP contribution in [0.3, 0.4) is 0 Å². The van der Waals surface area contributed by atoms with E-state index in [9.17, 15) is 23.1 Å². The highest BCUT2D eigenvalue weighted by molar-refractivity contribution is 6.20. The Kier molecular flexibility index (Phi) is 4.07. The van der Waals surface area contributed by atoms with Gasteiger partial charge in [0.2, 0.25) is 0 Å². The number of carboxylic acid groups (broad SMARTS) is 1. The molecule has 0 atom stereocenters. The second kappa shape index (κ2) is 5.78. The minimum absolute atomic E-state index is 0.203. The van der Waals surface area contributed by atoms with Crippen LogP contribution in [-0.2, 0) is 11.0 Å². The van der Waals surface area contributed by atoms with Crippen molar-refractivity contribution < 1.29 is 23.1 Å². The van der Waals surface area contributed by atoms with E-state index in [0.29, 0.717) is 0 Å². The van der Waals surface area contributed by atoms with E-state index in [-0.39, 0.29) is 16.7 Å². The van der Waals surface area contributed by atoms with Gasteiger partial charge in [0.25, 0.3) is 0 Å². The van der Waals surface area contributed by atoms with Crippen molar-refractivity contribution >= 4 is 17.6 Å². The molecule has 0 aliphatic carbocycles. The first-order valence-electron chi connectivity index (χ1n) is 5.91. The maximum absolute atomic E-state index is 12.9. The van der Waals surface area contributed by atoms with Crippen LogP contribution in [0.4, 0.5) is 13.2 Å². The standard InChI is InChI=1S/C15H10F3NO2/c16-15(17,18)13-6-2-1-4-10(13)8-12(14(20)21)11-5-3-7-19-9-11/h1-9H,(H,20,21)/b12-8+. The van der Waals surface area contributed by atoms with Gasteiger partial charge in [-0.05, 0) is 23.8 Å². The van der Waals surface area contributed by atoms with Crippen molar-refractivity contribution in [1.82, 2.24) is 4.98 Å². The lowest BCUT2D eigenvalue weighted by molar-refractivity contribution is -0.137. The summed E-state index contributed by atoms with van der Waals surface area (Å²) in [5, 5.41) is 9.20. The third-order valence-corrected chi connectivity index (χ3v) is 2.77. The molecule has 0 amide bonds. The summed E-state index contributed by atoms with van der Waals surface area (Å²) >= 11 is 0. The SMILES string of the molecule is O=C(O)/C(=C/c1ccccc1C(F)(F)F)c1cccnc1. The Bertz CT molecular complexity index is 679. The molecule has 1 aromatic heterocycles. The van der Waals surface area contributed by atoms with E-state index < -0.39 is 17.7 Å². The quantitative estimate of drug-likeness (QED) is 0.877. The number of hydrogen-bond acceptors (Lipinski definition) is 2. The minimum Gasteiger partial charge on any atom is -0.478 e. The number of hydrogen-bond donors (Lipinski definition) is 1. The van der Waals surface area contributed by atoms with E-state index >= 15 is 0 Å². The molecule has 108 valence electrons. The first-order valence-corrected chi connectivity index (χ1v) is 5.91. The molecule has 2 aromatic rings. The van der Waals surface area contributed by atoms with Crippen molar-refractivity contribution in [2.75, 3.05) is 0 Å². The van der Waals surface area contributed by atoms with E-state index in [1.807, 2.05) is 0 Å². The van der Waals surface area contributed by atoms with Crippen molar-refractivity contribution in [2.45, 2.75) is 6.18 Å². The highest BCUT2D eigenvalue weighted by Gasteiger charge is 2.32. The first-order chi connectivity index (χ1) is 9.89. The van der Waals surface area contributed by atoms with Crippen molar-refractivity contribution in [3.05, 3.63) is 65.5 Å². The molecule has 0 aliphatic rings. The molecular weight excluding hydrogens is 283 g/mol. The Labute approximate surface area is 118 Å². The van der Waals surface area contributed by atoms with Crippen molar-refractivity contribution in [1.29, 1.82) is 0 Å². The van der Waals surface area contributed by atoms with Gasteiger partial charge in [-0.15, -0.1) is 0 Å². The van der Waals surface area contributed by atoms with Gasteiger partial charge >= 0.3 is 12.1 Å². The molecule has 1 N–H and O–H groups in total. The Morgan fingerprint density at radius 2 is 1.86 bits per heavy atom. The topological polar surface area (TPSA) is 50.2 Å². The highest BCUT2D eigenvalue weighted by atomic mass is 19.4. The number of alkyl halides is 3. The first kappa shape index (κ1) is 14.8. The van der Waals surface area contributed by atoms with Crippen LogP contribution in [-0.4, -0.2) is 16.1 Å². The Balaban J connectivity index is 2.58. The number of pyridine rings is 1. The molecule has 1 aromatic carbocycles. The predicted octanol–water partition coefficient (Wildman–Crippen LogP) is 3.73. The number of carbonyl (C=O) groups is 1. The second-order valence-electron chi connectivity index (χ2n) is 4.19. The van der Waals surface area contributed by atoms with Crippen LogP contribution in [0.5, 0.6) is 0 Å². The molecule has 0 saturated carbocycles. The van der Waals surface area contributed by atoms with Gasteiger partial charge < -0.3 is 5.11 Å². The monoisotopic (exact) mass is 293 g/mol. The molecular formula is C15H10F3NO2. The van der Waals surface area contributed by atoms with Gasteiger partial charge in [-0.3, -0.25) is 4.98 Å². The summed E-state index contributed by atoms with van der Waals surface area (Å²) in [5.74, 6) is -1.32. The summed E-state index contributed by atoms with van der Waals surface area (Å²) in [5.41, 5.74) is -1.10. The van der Waals surface area contributed by atoms with E-state index in [0.717, 1.165) is 12.1 Å². The van der Waals surface area contributed by atoms with Crippen molar-refractivity contribution in [3.63, 3.8) is 0 Å². The van der Waals surface area contributed by atoms with Crippen LogP contribution >= 0.6 is 0 Å². The van der Waals surface area contributed by atoms with Crippen LogP contribution < -0.4 is 0 Å². The number of aromatic nitrogens is 1. The minimum atomic E-state index is -4.55. The molecule has 0 fully saturated rings. The lowest BCUT2D eigenvalue weighted by atomic mass is 10.0. The average molecular weight is 293 g/mol. The van der Waals surface area contributed by atoms with E-state index in [1.54, 1.807) is 0 Å². The van der Waals surface area contributed by atoms with E-state index in [1.165, 1.54) is 42.7 Å². The Morgan fingerprint density at radius 3 is 2.43 bits per heavy atom. The van der Waals surface area contributed by atoms with Gasteiger partial charge in [0.1, 0.15) is 0 Å². The summed E-state index contributed by atoms with van der Waals surface area (Å²) in [6, 6.07) is 7.80. The van der Waals surface area contributed by atoms with Crippen LogP contribution in [0, 0.1) is 0 Å². The summed E-state index contributed by atoms with van der Waals surface area (Å²) in [6.45, 7) is 0. The average Bonchev–Trinajstić information content (AvgIpc) is 2.44. The summed E-state index contributed by atoms with van der Waals surface area (Å²) in [6.07, 6.45) is -0.809. The van der Waals surface area contributed by atoms with Gasteiger partial charge in [0, 0.05) is 18.0 Å². The lowest BCUT2D eigenvalue weighted by Crippen LogP contribution is -2.08. The molecule has 0 radical (unpaired) electrons. The third kappa shape index (κ3) is 3.47. The zero-order valence-electron chi connectivity index (χ0n) is 10.6. The van der Waals surface area contributed by atoms with E-state index in [2.05, 4.69) is 4.98 Å². The van der Waals surface area contributed by atoms with Crippen LogP contribution in [0.2, 0.25) is 0 Å². The molecule has 0 unspecified atom stereocenters. The lowest BCUT2D eigenvalue weighted by Gasteiger charge is -2.11. The van der Waals surface area contributed by atoms with E-state index in [4.69, 9.17) is 0 Å². The van der Waals surface area contributed by atoms with Crippen molar-refractivity contribution in [3.8, 4) is 0 Å². The number of carboxylic acids is 1. The highest BCUT2D eigenvalue weighted by Crippen LogP contribution is 2.33. The van der Waals surface area contributed by atoms with Crippen LogP contribution in [0.15, 0.2) is 48.8 Å². The number of nitrogens with zero attached hydrogens (tertiary/aromatic N) is 1. The summed E-state index contributed by atoms with van der Waals surface area (Å²) in [7, 11) is 0. The predicted molar refractivity (Wildman–Crippen MR) is 71.2 cm³/mol. The van der Waals surface area contributed by atoms with Gasteiger partial charge in [-0.25, -0.2) is 4.79 Å². The fourth-order valence-electron chi connectivity index (χ4n) is 1.83. The zero-order chi connectivity index (χ0) is 15.5. The molecule has 0 bridgehead atoms. The third-order valence-electron chi connectivity index (χ3n) is 2.77. The number of rotatable bonds is 3. The summed E-state index contributed by atoms with van der Waals surface area (Å²) < 4.78 is 38.7. The number of aliphatic carboxylic acids is 1. The smallest absolute Gasteiger partial charge is 0.416 e. The Hall–Kier alpha value is -2.63. The molecule has 6 heteroatoms. The zero-order valence-corrected chi connectivity index (χ0v) is 10.6. The van der Waals surface area contributed by atoms with Crippen molar-refractivity contribution in [2.24, 2.45) is 0 Å². The van der Waals surface area contributed by atoms with Gasteiger partial charge in [0.05, 0.1) is 11.1 Å². The molecule has 0 spiro atoms. The number of benzene rings is 1. The normalized spacial score (nSPS) is 12.2. The number of halogens is 3. The maximum Gasteiger partial charge on any atom is 0.416 e. The van der Waals surface area contributed by atoms with Gasteiger partial charge in [-0.2, -0.15) is 13.2 Å². The molecule has 21 heavy (non-hydrogen) atoms. The second-order valence-corrected chi connectivity index (χ2v) is 4.19. The molecule has 1 heterocycles. The fourth-order valence-corrected chi connectivity index (χ4v) is 1.83. The Morgan fingerprint density at radius 1 is 1.14 bits per heavy atom. The molecule has 2 rings (SSSR count). The van der Waals surface area contributed by atoms with Crippen LogP contribution in [0.25, 0.3) is 11.6 Å². The fraction of sp³-hybridized carbons (Fsp3) is 0.0667. The van der Waals surface area contributed by atoms with Gasteiger partial charge in [-0.1, -0.05) is 24.3 Å². The maximum atomic E-state index is 12.9. The molecule has 0 aliphatic heterocycles. The molecule has 0 saturated heterocycles. The summed E-state index contributed by atoms with van der Waals surface area (Å²) in [4.78, 5) is 15.1. The molecule has 3 nitrogen and oxygen atoms in total. The van der Waals surface area contributed by atoms with Crippen LogP contribution in [0.1, 0.15) is 16.7 Å².